The Hall–Kier alpha value is -1.34. The Labute approximate surface area is 189 Å². The van der Waals surface area contributed by atoms with Crippen LogP contribution in [-0.4, -0.2) is 25.5 Å². The van der Waals surface area contributed by atoms with Crippen LogP contribution in [0.5, 0.6) is 0 Å². The molecular formula is C29H51N. The van der Waals surface area contributed by atoms with Gasteiger partial charge in [-0.1, -0.05) is 58.2 Å². The number of hydrogen-bond acceptors (Lipinski definition) is 1. The standard InChI is InChI=1S/C29H51N/c1-25(2)15-11-18-28(5)21-12-19-26(3)16-9-10-17-27(4)20-13-22-29(6)23-14-24-30(7)8/h15-17,21-22H,9-14,18-20,23-24H2,1-8H3/b26-16+,27-17-,28-21+,29-22+. The maximum atomic E-state index is 2.44. The first-order chi connectivity index (χ1) is 14.2. The Morgan fingerprint density at radius 3 is 1.27 bits per heavy atom. The van der Waals surface area contributed by atoms with E-state index in [1.165, 1.54) is 93.0 Å². The molecule has 0 rings (SSSR count). The van der Waals surface area contributed by atoms with E-state index in [0.717, 1.165) is 0 Å². The highest BCUT2D eigenvalue weighted by atomic mass is 15.0. The van der Waals surface area contributed by atoms with E-state index in [1.807, 2.05) is 0 Å². The molecule has 0 aromatic carbocycles. The molecular weight excluding hydrogens is 362 g/mol. The van der Waals surface area contributed by atoms with E-state index in [4.69, 9.17) is 0 Å². The van der Waals surface area contributed by atoms with Crippen LogP contribution < -0.4 is 0 Å². The van der Waals surface area contributed by atoms with Crippen LogP contribution in [0.15, 0.2) is 58.2 Å². The second-order valence-corrected chi connectivity index (χ2v) is 9.58. The molecule has 0 saturated carbocycles. The van der Waals surface area contributed by atoms with Crippen molar-refractivity contribution in [1.29, 1.82) is 0 Å². The smallest absolute Gasteiger partial charge is 0.00218 e. The quantitative estimate of drug-likeness (QED) is 0.180. The summed E-state index contributed by atoms with van der Waals surface area (Å²) in [5.74, 6) is 0. The number of nitrogens with zero attached hydrogens (tertiary/aromatic N) is 1. The highest BCUT2D eigenvalue weighted by molar-refractivity contribution is 5.07. The minimum absolute atomic E-state index is 1.17. The zero-order valence-electron chi connectivity index (χ0n) is 21.6. The minimum Gasteiger partial charge on any atom is -0.309 e. The molecule has 0 unspecified atom stereocenters. The molecule has 0 N–H and O–H groups in total. The van der Waals surface area contributed by atoms with Crippen LogP contribution in [0, 0.1) is 0 Å². The largest absolute Gasteiger partial charge is 0.309 e. The first-order valence-corrected chi connectivity index (χ1v) is 12.1. The SMILES string of the molecule is CC(C)=CCC/C(C)=C/CC/C(C)=C/CC/C=C(/C)CC/C=C(\C)CCCN(C)C. The molecule has 0 saturated heterocycles. The molecule has 0 bridgehead atoms. The first kappa shape index (κ1) is 28.7. The van der Waals surface area contributed by atoms with Gasteiger partial charge in [0, 0.05) is 0 Å². The Morgan fingerprint density at radius 2 is 0.867 bits per heavy atom. The molecule has 0 aliphatic rings. The van der Waals surface area contributed by atoms with E-state index in [0.29, 0.717) is 0 Å². The highest BCUT2D eigenvalue weighted by Crippen LogP contribution is 2.14. The summed E-state index contributed by atoms with van der Waals surface area (Å²) < 4.78 is 0. The van der Waals surface area contributed by atoms with Crippen LogP contribution in [0.2, 0.25) is 0 Å². The van der Waals surface area contributed by atoms with Gasteiger partial charge in [-0.05, 0) is 126 Å². The third kappa shape index (κ3) is 20.0. The van der Waals surface area contributed by atoms with Crippen LogP contribution in [0.4, 0.5) is 0 Å². The third-order valence-corrected chi connectivity index (χ3v) is 5.48. The molecule has 0 aliphatic heterocycles. The molecule has 0 fully saturated rings. The molecule has 30 heavy (non-hydrogen) atoms. The summed E-state index contributed by atoms with van der Waals surface area (Å²) in [6, 6.07) is 0. The van der Waals surface area contributed by atoms with E-state index < -0.39 is 0 Å². The average molecular weight is 414 g/mol. The van der Waals surface area contributed by atoms with Gasteiger partial charge in [0.1, 0.15) is 0 Å². The molecule has 0 atom stereocenters. The molecule has 0 spiro atoms. The van der Waals surface area contributed by atoms with E-state index in [-0.39, 0.29) is 0 Å². The summed E-state index contributed by atoms with van der Waals surface area (Å²) >= 11 is 0. The second-order valence-electron chi connectivity index (χ2n) is 9.58. The summed E-state index contributed by atoms with van der Waals surface area (Å²) in [4.78, 5) is 2.27. The number of rotatable bonds is 16. The summed E-state index contributed by atoms with van der Waals surface area (Å²) in [5.41, 5.74) is 7.57. The molecule has 1 nitrogen and oxygen atoms in total. The summed E-state index contributed by atoms with van der Waals surface area (Å²) in [7, 11) is 4.30. The Morgan fingerprint density at radius 1 is 0.500 bits per heavy atom. The Bertz CT molecular complexity index is 592. The monoisotopic (exact) mass is 413 g/mol. The van der Waals surface area contributed by atoms with Crippen LogP contribution >= 0.6 is 0 Å². The number of allylic oxidation sites excluding steroid dienone is 10. The van der Waals surface area contributed by atoms with Gasteiger partial charge < -0.3 is 4.90 Å². The van der Waals surface area contributed by atoms with Gasteiger partial charge in [0.2, 0.25) is 0 Å². The van der Waals surface area contributed by atoms with Crippen molar-refractivity contribution in [1.82, 2.24) is 4.90 Å². The molecule has 0 radical (unpaired) electrons. The van der Waals surface area contributed by atoms with Crippen LogP contribution in [0.1, 0.15) is 106 Å². The molecule has 172 valence electrons. The second kappa shape index (κ2) is 18.4. The molecule has 1 heteroatoms. The zero-order chi connectivity index (χ0) is 22.8. The Kier molecular flexibility index (Phi) is 17.6. The predicted octanol–water partition coefficient (Wildman–Crippen LogP) is 9.20. The lowest BCUT2D eigenvalue weighted by Gasteiger charge is -2.09. The van der Waals surface area contributed by atoms with Gasteiger partial charge in [0.25, 0.3) is 0 Å². The fourth-order valence-electron chi connectivity index (χ4n) is 3.42. The lowest BCUT2D eigenvalue weighted by atomic mass is 10.0. The normalized spacial score (nSPS) is 13.9. The molecule has 0 aliphatic carbocycles. The zero-order valence-corrected chi connectivity index (χ0v) is 21.6. The first-order valence-electron chi connectivity index (χ1n) is 12.1. The topological polar surface area (TPSA) is 3.24 Å². The minimum atomic E-state index is 1.17. The van der Waals surface area contributed by atoms with Crippen molar-refractivity contribution in [2.24, 2.45) is 0 Å². The fraction of sp³-hybridized carbons (Fsp3) is 0.655. The van der Waals surface area contributed by atoms with Gasteiger partial charge in [-0.25, -0.2) is 0 Å². The summed E-state index contributed by atoms with van der Waals surface area (Å²) in [5, 5.41) is 0. The van der Waals surface area contributed by atoms with Gasteiger partial charge in [0.15, 0.2) is 0 Å². The van der Waals surface area contributed by atoms with Gasteiger partial charge in [-0.3, -0.25) is 0 Å². The van der Waals surface area contributed by atoms with Gasteiger partial charge in [0.05, 0.1) is 0 Å². The highest BCUT2D eigenvalue weighted by Gasteiger charge is 1.95. The lowest BCUT2D eigenvalue weighted by molar-refractivity contribution is 0.400. The van der Waals surface area contributed by atoms with Crippen molar-refractivity contribution in [3.63, 3.8) is 0 Å². The van der Waals surface area contributed by atoms with Crippen LogP contribution in [0.25, 0.3) is 0 Å². The summed E-state index contributed by atoms with van der Waals surface area (Å²) in [6.07, 6.45) is 24.0. The summed E-state index contributed by atoms with van der Waals surface area (Å²) in [6.45, 7) is 14.7. The number of unbranched alkanes of at least 4 members (excludes halogenated alkanes) is 1. The molecule has 0 amide bonds. The van der Waals surface area contributed by atoms with E-state index in [9.17, 15) is 0 Å². The van der Waals surface area contributed by atoms with E-state index in [1.54, 1.807) is 5.57 Å². The number of hydrogen-bond donors (Lipinski definition) is 0. The van der Waals surface area contributed by atoms with Crippen molar-refractivity contribution < 1.29 is 0 Å². The van der Waals surface area contributed by atoms with Gasteiger partial charge in [-0.15, -0.1) is 0 Å². The molecule has 0 aromatic heterocycles. The molecule has 0 aromatic rings. The van der Waals surface area contributed by atoms with E-state index >= 15 is 0 Å². The van der Waals surface area contributed by atoms with Crippen molar-refractivity contribution in [2.75, 3.05) is 20.6 Å². The van der Waals surface area contributed by atoms with Gasteiger partial charge >= 0.3 is 0 Å². The van der Waals surface area contributed by atoms with Crippen molar-refractivity contribution in [3.8, 4) is 0 Å². The molecule has 0 heterocycles. The average Bonchev–Trinajstić information content (AvgIpc) is 2.64. The predicted molar refractivity (Wildman–Crippen MR) is 139 cm³/mol. The Balaban J connectivity index is 4.01. The van der Waals surface area contributed by atoms with Crippen LogP contribution in [-0.2, 0) is 0 Å². The maximum absolute atomic E-state index is 2.44. The van der Waals surface area contributed by atoms with E-state index in [2.05, 4.69) is 90.9 Å². The lowest BCUT2D eigenvalue weighted by Crippen LogP contribution is -2.12. The third-order valence-electron chi connectivity index (χ3n) is 5.48. The van der Waals surface area contributed by atoms with Crippen molar-refractivity contribution in [3.05, 3.63) is 58.2 Å². The van der Waals surface area contributed by atoms with Crippen molar-refractivity contribution in [2.45, 2.75) is 106 Å². The van der Waals surface area contributed by atoms with Gasteiger partial charge in [-0.2, -0.15) is 0 Å². The fourth-order valence-corrected chi connectivity index (χ4v) is 3.42. The maximum Gasteiger partial charge on any atom is -0.00218 e. The van der Waals surface area contributed by atoms with Crippen LogP contribution in [0.3, 0.4) is 0 Å². The van der Waals surface area contributed by atoms with Crippen molar-refractivity contribution >= 4 is 0 Å².